The molecule has 1 saturated heterocycles. The van der Waals surface area contributed by atoms with E-state index >= 15 is 0 Å². The SMILES string of the molecule is CNC(=S)N1CCOC(C)C1C. The molecule has 0 radical (unpaired) electrons. The normalized spacial score (nSPS) is 30.1. The first kappa shape index (κ1) is 9.74. The predicted octanol–water partition coefficient (Wildman–Crippen LogP) is 0.600. The minimum absolute atomic E-state index is 0.269. The van der Waals surface area contributed by atoms with Crippen molar-refractivity contribution in [1.29, 1.82) is 0 Å². The Morgan fingerprint density at radius 3 is 2.83 bits per heavy atom. The van der Waals surface area contributed by atoms with Crippen molar-refractivity contribution in [1.82, 2.24) is 10.2 Å². The molecular weight excluding hydrogens is 172 g/mol. The van der Waals surface area contributed by atoms with Gasteiger partial charge in [-0.25, -0.2) is 0 Å². The smallest absolute Gasteiger partial charge is 0.169 e. The lowest BCUT2D eigenvalue weighted by atomic mass is 10.1. The van der Waals surface area contributed by atoms with E-state index in [4.69, 9.17) is 17.0 Å². The van der Waals surface area contributed by atoms with Crippen LogP contribution in [0.4, 0.5) is 0 Å². The molecule has 0 spiro atoms. The minimum Gasteiger partial charge on any atom is -0.375 e. The highest BCUT2D eigenvalue weighted by atomic mass is 32.1. The van der Waals surface area contributed by atoms with Gasteiger partial charge < -0.3 is 15.0 Å². The average molecular weight is 188 g/mol. The molecular formula is C8H16N2OS. The first-order valence-corrected chi connectivity index (χ1v) is 4.67. The first-order chi connectivity index (χ1) is 5.66. The molecule has 12 heavy (non-hydrogen) atoms. The van der Waals surface area contributed by atoms with Crippen molar-refractivity contribution in [2.24, 2.45) is 0 Å². The van der Waals surface area contributed by atoms with Crippen molar-refractivity contribution in [3.8, 4) is 0 Å². The van der Waals surface area contributed by atoms with Crippen LogP contribution in [0.5, 0.6) is 0 Å². The fraction of sp³-hybridized carbons (Fsp3) is 0.875. The molecule has 0 aromatic carbocycles. The second-order valence-electron chi connectivity index (χ2n) is 3.07. The molecule has 3 nitrogen and oxygen atoms in total. The molecule has 0 aromatic rings. The van der Waals surface area contributed by atoms with Crippen molar-refractivity contribution in [3.63, 3.8) is 0 Å². The Morgan fingerprint density at radius 1 is 1.58 bits per heavy atom. The molecule has 70 valence electrons. The fourth-order valence-corrected chi connectivity index (χ4v) is 1.62. The lowest BCUT2D eigenvalue weighted by Crippen LogP contribution is -2.53. The van der Waals surface area contributed by atoms with Crippen LogP contribution in [-0.2, 0) is 4.74 Å². The van der Waals surface area contributed by atoms with Gasteiger partial charge in [0.15, 0.2) is 5.11 Å². The molecule has 0 aliphatic carbocycles. The van der Waals surface area contributed by atoms with Crippen LogP contribution in [0, 0.1) is 0 Å². The van der Waals surface area contributed by atoms with E-state index in [1.807, 2.05) is 7.05 Å². The van der Waals surface area contributed by atoms with Gasteiger partial charge in [-0.05, 0) is 26.1 Å². The number of morpholine rings is 1. The van der Waals surface area contributed by atoms with Gasteiger partial charge in [0.1, 0.15) is 0 Å². The van der Waals surface area contributed by atoms with Gasteiger partial charge in [0.2, 0.25) is 0 Å². The third-order valence-electron chi connectivity index (χ3n) is 2.36. The topological polar surface area (TPSA) is 24.5 Å². The van der Waals surface area contributed by atoms with Crippen molar-refractivity contribution >= 4 is 17.3 Å². The van der Waals surface area contributed by atoms with Crippen LogP contribution in [0.2, 0.25) is 0 Å². The Labute approximate surface area is 79.1 Å². The molecule has 1 heterocycles. The number of nitrogens with one attached hydrogen (secondary N) is 1. The van der Waals surface area contributed by atoms with E-state index in [9.17, 15) is 0 Å². The highest BCUT2D eigenvalue weighted by molar-refractivity contribution is 7.80. The molecule has 1 aliphatic rings. The van der Waals surface area contributed by atoms with E-state index in [-0.39, 0.29) is 6.10 Å². The van der Waals surface area contributed by atoms with Crippen molar-refractivity contribution in [2.45, 2.75) is 26.0 Å². The third-order valence-corrected chi connectivity index (χ3v) is 2.80. The van der Waals surface area contributed by atoms with Gasteiger partial charge >= 0.3 is 0 Å². The summed E-state index contributed by atoms with van der Waals surface area (Å²) in [6.07, 6.45) is 0.269. The number of hydrogen-bond donors (Lipinski definition) is 1. The Kier molecular flexibility index (Phi) is 3.29. The molecule has 1 N–H and O–H groups in total. The lowest BCUT2D eigenvalue weighted by Gasteiger charge is -2.39. The Morgan fingerprint density at radius 2 is 2.25 bits per heavy atom. The van der Waals surface area contributed by atoms with Crippen molar-refractivity contribution in [2.75, 3.05) is 20.2 Å². The van der Waals surface area contributed by atoms with Crippen molar-refractivity contribution in [3.05, 3.63) is 0 Å². The van der Waals surface area contributed by atoms with E-state index in [1.54, 1.807) is 0 Å². The van der Waals surface area contributed by atoms with Crippen LogP contribution in [0.15, 0.2) is 0 Å². The summed E-state index contributed by atoms with van der Waals surface area (Å²) >= 11 is 5.16. The molecule has 2 atom stereocenters. The number of ether oxygens (including phenoxy) is 1. The van der Waals surface area contributed by atoms with E-state index in [0.717, 1.165) is 18.3 Å². The van der Waals surface area contributed by atoms with Gasteiger partial charge in [0, 0.05) is 13.6 Å². The van der Waals surface area contributed by atoms with Gasteiger partial charge in [-0.2, -0.15) is 0 Å². The summed E-state index contributed by atoms with van der Waals surface area (Å²) in [7, 11) is 1.86. The highest BCUT2D eigenvalue weighted by Gasteiger charge is 2.26. The van der Waals surface area contributed by atoms with Crippen molar-refractivity contribution < 1.29 is 4.74 Å². The quantitative estimate of drug-likeness (QED) is 0.563. The summed E-state index contributed by atoms with van der Waals surface area (Å²) in [6.45, 7) is 5.88. The molecule has 2 unspecified atom stereocenters. The molecule has 0 bridgehead atoms. The first-order valence-electron chi connectivity index (χ1n) is 4.26. The third kappa shape index (κ3) is 1.87. The summed E-state index contributed by atoms with van der Waals surface area (Å²) in [5.74, 6) is 0. The van der Waals surface area contributed by atoms with E-state index in [2.05, 4.69) is 24.1 Å². The van der Waals surface area contributed by atoms with Crippen LogP contribution >= 0.6 is 12.2 Å². The maximum atomic E-state index is 5.49. The Balaban J connectivity index is 2.57. The Bertz CT molecular complexity index is 174. The Hall–Kier alpha value is -0.350. The largest absolute Gasteiger partial charge is 0.375 e. The summed E-state index contributed by atoms with van der Waals surface area (Å²) in [5, 5.41) is 3.80. The molecule has 1 fully saturated rings. The monoisotopic (exact) mass is 188 g/mol. The molecule has 1 aliphatic heterocycles. The summed E-state index contributed by atoms with van der Waals surface area (Å²) in [6, 6.07) is 0.374. The second-order valence-corrected chi connectivity index (χ2v) is 3.45. The number of rotatable bonds is 0. The molecule has 1 rings (SSSR count). The summed E-state index contributed by atoms with van der Waals surface area (Å²) < 4.78 is 5.49. The zero-order valence-corrected chi connectivity index (χ0v) is 8.65. The second kappa shape index (κ2) is 4.05. The van der Waals surface area contributed by atoms with Crippen LogP contribution < -0.4 is 5.32 Å². The minimum atomic E-state index is 0.269. The molecule has 4 heteroatoms. The fourth-order valence-electron chi connectivity index (χ4n) is 1.36. The van der Waals surface area contributed by atoms with Crippen LogP contribution in [0.25, 0.3) is 0 Å². The van der Waals surface area contributed by atoms with Crippen LogP contribution in [0.3, 0.4) is 0 Å². The van der Waals surface area contributed by atoms with Crippen LogP contribution in [-0.4, -0.2) is 42.4 Å². The van der Waals surface area contributed by atoms with Gasteiger partial charge in [-0.3, -0.25) is 0 Å². The zero-order valence-electron chi connectivity index (χ0n) is 7.83. The van der Waals surface area contributed by atoms with Gasteiger partial charge in [-0.15, -0.1) is 0 Å². The molecule has 0 saturated carbocycles. The highest BCUT2D eigenvalue weighted by Crippen LogP contribution is 2.12. The summed E-state index contributed by atoms with van der Waals surface area (Å²) in [5.41, 5.74) is 0. The van der Waals surface area contributed by atoms with E-state index in [1.165, 1.54) is 0 Å². The van der Waals surface area contributed by atoms with E-state index < -0.39 is 0 Å². The van der Waals surface area contributed by atoms with Gasteiger partial charge in [0.05, 0.1) is 18.8 Å². The number of thiocarbonyl (C=S) groups is 1. The predicted molar refractivity (Wildman–Crippen MR) is 53.2 cm³/mol. The van der Waals surface area contributed by atoms with E-state index in [0.29, 0.717) is 6.04 Å². The van der Waals surface area contributed by atoms with Gasteiger partial charge in [0.25, 0.3) is 0 Å². The zero-order chi connectivity index (χ0) is 9.14. The standard InChI is InChI=1S/C8H16N2OS/c1-6-7(2)11-5-4-10(6)8(12)9-3/h6-7H,4-5H2,1-3H3,(H,9,12). The average Bonchev–Trinajstić information content (AvgIpc) is 2.08. The molecule has 0 amide bonds. The van der Waals surface area contributed by atoms with Gasteiger partial charge in [-0.1, -0.05) is 0 Å². The maximum Gasteiger partial charge on any atom is 0.169 e. The summed E-state index contributed by atoms with van der Waals surface area (Å²) in [4.78, 5) is 2.17. The number of nitrogens with zero attached hydrogens (tertiary/aromatic N) is 1. The van der Waals surface area contributed by atoms with Crippen LogP contribution in [0.1, 0.15) is 13.8 Å². The lowest BCUT2D eigenvalue weighted by molar-refractivity contribution is -0.0285. The maximum absolute atomic E-state index is 5.49. The number of hydrogen-bond acceptors (Lipinski definition) is 2. The molecule has 0 aromatic heterocycles.